The lowest BCUT2D eigenvalue weighted by atomic mass is 9.91. The van der Waals surface area contributed by atoms with Crippen molar-refractivity contribution in [3.8, 4) is 0 Å². The van der Waals surface area contributed by atoms with E-state index >= 15 is 0 Å². The molecule has 1 aromatic heterocycles. The fraction of sp³-hybridized carbons (Fsp3) is 0.692. The summed E-state index contributed by atoms with van der Waals surface area (Å²) in [6.45, 7) is 5.47. The Morgan fingerprint density at radius 3 is 3.06 bits per heavy atom. The van der Waals surface area contributed by atoms with Crippen LogP contribution in [0.25, 0.3) is 0 Å². The van der Waals surface area contributed by atoms with Crippen molar-refractivity contribution in [3.63, 3.8) is 0 Å². The maximum atomic E-state index is 6.04. The highest BCUT2D eigenvalue weighted by Gasteiger charge is 2.45. The first-order valence-electron chi connectivity index (χ1n) is 6.24. The molecule has 0 aromatic carbocycles. The molecule has 0 saturated heterocycles. The molecule has 3 rings (SSSR count). The van der Waals surface area contributed by atoms with Crippen LogP contribution in [0.5, 0.6) is 0 Å². The predicted molar refractivity (Wildman–Crippen MR) is 68.6 cm³/mol. The Bertz CT molecular complexity index is 383. The second-order valence-electron chi connectivity index (χ2n) is 5.38. The Hall–Kier alpha value is -0.380. The van der Waals surface area contributed by atoms with Gasteiger partial charge in [0.2, 0.25) is 0 Å². The lowest BCUT2D eigenvalue weighted by molar-refractivity contribution is 0.0758. The smallest absolute Gasteiger partial charge is 0.0335 e. The molecule has 2 heterocycles. The fourth-order valence-electron chi connectivity index (χ4n) is 2.94. The zero-order valence-electron chi connectivity index (χ0n) is 9.91. The minimum absolute atomic E-state index is 0.250. The third-order valence-corrected chi connectivity index (χ3v) is 5.42. The highest BCUT2D eigenvalue weighted by atomic mass is 32.1. The van der Waals surface area contributed by atoms with Crippen LogP contribution in [0.15, 0.2) is 11.4 Å². The van der Waals surface area contributed by atoms with Gasteiger partial charge < -0.3 is 5.73 Å². The first-order chi connectivity index (χ1) is 7.74. The van der Waals surface area contributed by atoms with Crippen molar-refractivity contribution >= 4 is 11.3 Å². The van der Waals surface area contributed by atoms with Gasteiger partial charge in [0.05, 0.1) is 0 Å². The van der Waals surface area contributed by atoms with Crippen molar-refractivity contribution in [2.45, 2.75) is 38.3 Å². The topological polar surface area (TPSA) is 29.3 Å². The molecule has 16 heavy (non-hydrogen) atoms. The molecule has 1 unspecified atom stereocenters. The highest BCUT2D eigenvalue weighted by molar-refractivity contribution is 7.10. The van der Waals surface area contributed by atoms with E-state index in [9.17, 15) is 0 Å². The number of fused-ring (bicyclic) bond motifs is 1. The Kier molecular flexibility index (Phi) is 2.57. The van der Waals surface area contributed by atoms with Crippen LogP contribution in [-0.2, 0) is 13.0 Å². The lowest BCUT2D eigenvalue weighted by Gasteiger charge is -2.43. The van der Waals surface area contributed by atoms with Gasteiger partial charge in [-0.05, 0) is 49.1 Å². The van der Waals surface area contributed by atoms with E-state index in [0.29, 0.717) is 0 Å². The van der Waals surface area contributed by atoms with Crippen LogP contribution in [0.1, 0.15) is 30.2 Å². The molecular weight excluding hydrogens is 216 g/mol. The lowest BCUT2D eigenvalue weighted by Crippen LogP contribution is -2.54. The summed E-state index contributed by atoms with van der Waals surface area (Å²) in [6.07, 6.45) is 3.97. The van der Waals surface area contributed by atoms with Gasteiger partial charge in [-0.3, -0.25) is 4.90 Å². The number of rotatable bonds is 3. The van der Waals surface area contributed by atoms with Crippen LogP contribution in [0.2, 0.25) is 0 Å². The van der Waals surface area contributed by atoms with Gasteiger partial charge in [0, 0.05) is 30.1 Å². The molecule has 88 valence electrons. The van der Waals surface area contributed by atoms with Crippen molar-refractivity contribution in [3.05, 3.63) is 21.9 Å². The number of thiophene rings is 1. The Morgan fingerprint density at radius 1 is 1.56 bits per heavy atom. The summed E-state index contributed by atoms with van der Waals surface area (Å²) < 4.78 is 0. The quantitative estimate of drug-likeness (QED) is 0.872. The van der Waals surface area contributed by atoms with E-state index in [1.165, 1.54) is 31.4 Å². The molecule has 2 aliphatic rings. The fourth-order valence-corrected chi connectivity index (χ4v) is 3.83. The predicted octanol–water partition coefficient (Wildman–Crippen LogP) is 2.23. The van der Waals surface area contributed by atoms with Gasteiger partial charge in [-0.15, -0.1) is 11.3 Å². The normalized spacial score (nSPS) is 25.1. The standard InChI is InChI=1S/C13H20N2S/c1-13(9-14,11-2-3-11)15-6-4-12-10(8-15)5-7-16-12/h5,7,11H,2-4,6,8-9,14H2,1H3. The van der Waals surface area contributed by atoms with Gasteiger partial charge in [-0.1, -0.05) is 0 Å². The number of nitrogens with two attached hydrogens (primary N) is 1. The molecule has 0 bridgehead atoms. The summed E-state index contributed by atoms with van der Waals surface area (Å²) in [4.78, 5) is 4.21. The highest BCUT2D eigenvalue weighted by Crippen LogP contribution is 2.44. The van der Waals surface area contributed by atoms with E-state index in [2.05, 4.69) is 23.3 Å². The summed E-state index contributed by atoms with van der Waals surface area (Å²) in [5.41, 5.74) is 7.82. The molecule has 0 spiro atoms. The molecule has 1 aliphatic heterocycles. The third kappa shape index (κ3) is 1.62. The second-order valence-corrected chi connectivity index (χ2v) is 6.38. The van der Waals surface area contributed by atoms with Gasteiger partial charge in [0.1, 0.15) is 0 Å². The van der Waals surface area contributed by atoms with Crippen molar-refractivity contribution in [2.75, 3.05) is 13.1 Å². The summed E-state index contributed by atoms with van der Waals surface area (Å²) in [5.74, 6) is 0.845. The van der Waals surface area contributed by atoms with Gasteiger partial charge in [-0.2, -0.15) is 0 Å². The van der Waals surface area contributed by atoms with Crippen LogP contribution < -0.4 is 5.73 Å². The molecule has 1 aliphatic carbocycles. The van der Waals surface area contributed by atoms with E-state index in [0.717, 1.165) is 19.0 Å². The average molecular weight is 236 g/mol. The maximum absolute atomic E-state index is 6.04. The third-order valence-electron chi connectivity index (χ3n) is 4.40. The maximum Gasteiger partial charge on any atom is 0.0335 e. The van der Waals surface area contributed by atoms with E-state index in [1.807, 2.05) is 11.3 Å². The SMILES string of the molecule is CC(CN)(C1CC1)N1CCc2sccc2C1. The van der Waals surface area contributed by atoms with Crippen molar-refractivity contribution in [1.29, 1.82) is 0 Å². The summed E-state index contributed by atoms with van der Waals surface area (Å²) in [6, 6.07) is 2.29. The number of nitrogens with zero attached hydrogens (tertiary/aromatic N) is 1. The van der Waals surface area contributed by atoms with Crippen LogP contribution in [0, 0.1) is 5.92 Å². The molecule has 2 nitrogen and oxygen atoms in total. The Labute approximate surface area is 101 Å². The average Bonchev–Trinajstić information content (AvgIpc) is 3.06. The van der Waals surface area contributed by atoms with E-state index in [4.69, 9.17) is 5.73 Å². The molecular formula is C13H20N2S. The molecule has 1 fully saturated rings. The van der Waals surface area contributed by atoms with E-state index in [-0.39, 0.29) is 5.54 Å². The van der Waals surface area contributed by atoms with Gasteiger partial charge in [0.25, 0.3) is 0 Å². The van der Waals surface area contributed by atoms with Crippen LogP contribution in [-0.4, -0.2) is 23.5 Å². The molecule has 0 amide bonds. The van der Waals surface area contributed by atoms with Crippen LogP contribution in [0.3, 0.4) is 0 Å². The summed E-state index contributed by atoms with van der Waals surface area (Å²) >= 11 is 1.91. The zero-order valence-corrected chi connectivity index (χ0v) is 10.7. The van der Waals surface area contributed by atoms with Crippen molar-refractivity contribution in [1.82, 2.24) is 4.90 Å². The first-order valence-corrected chi connectivity index (χ1v) is 7.12. The molecule has 1 aromatic rings. The molecule has 2 N–H and O–H groups in total. The van der Waals surface area contributed by atoms with E-state index < -0.39 is 0 Å². The van der Waals surface area contributed by atoms with Crippen molar-refractivity contribution in [2.24, 2.45) is 11.7 Å². The largest absolute Gasteiger partial charge is 0.329 e. The molecule has 1 atom stereocenters. The van der Waals surface area contributed by atoms with Gasteiger partial charge in [-0.25, -0.2) is 0 Å². The molecule has 3 heteroatoms. The van der Waals surface area contributed by atoms with Crippen LogP contribution in [0.4, 0.5) is 0 Å². The number of hydrogen-bond acceptors (Lipinski definition) is 3. The Morgan fingerprint density at radius 2 is 2.38 bits per heavy atom. The monoisotopic (exact) mass is 236 g/mol. The minimum atomic E-state index is 0.250. The Balaban J connectivity index is 1.81. The van der Waals surface area contributed by atoms with E-state index in [1.54, 1.807) is 4.88 Å². The molecule has 0 radical (unpaired) electrons. The number of hydrogen-bond donors (Lipinski definition) is 1. The van der Waals surface area contributed by atoms with Crippen molar-refractivity contribution < 1.29 is 0 Å². The van der Waals surface area contributed by atoms with Gasteiger partial charge in [0.15, 0.2) is 0 Å². The molecule has 1 saturated carbocycles. The summed E-state index contributed by atoms with van der Waals surface area (Å²) in [5, 5.41) is 2.23. The van der Waals surface area contributed by atoms with Crippen LogP contribution >= 0.6 is 11.3 Å². The zero-order chi connectivity index (χ0) is 11.2. The van der Waals surface area contributed by atoms with Gasteiger partial charge >= 0.3 is 0 Å². The summed E-state index contributed by atoms with van der Waals surface area (Å²) in [7, 11) is 0. The minimum Gasteiger partial charge on any atom is -0.329 e. The second kappa shape index (κ2) is 3.83. The first kappa shape index (κ1) is 10.8.